The van der Waals surface area contributed by atoms with E-state index in [2.05, 4.69) is 18.3 Å². The van der Waals surface area contributed by atoms with E-state index in [9.17, 15) is 14.7 Å². The molecule has 4 aromatic rings. The normalized spacial score (nSPS) is 14.2. The fourth-order valence-electron chi connectivity index (χ4n) is 5.22. The predicted molar refractivity (Wildman–Crippen MR) is 138 cm³/mol. The summed E-state index contributed by atoms with van der Waals surface area (Å²) in [6.07, 6.45) is 8.01. The van der Waals surface area contributed by atoms with Crippen molar-refractivity contribution < 1.29 is 9.90 Å². The number of hydrogen-bond acceptors (Lipinski definition) is 2. The Labute approximate surface area is 205 Å². The van der Waals surface area contributed by atoms with Gasteiger partial charge in [-0.25, -0.2) is 9.59 Å². The van der Waals surface area contributed by atoms with Gasteiger partial charge in [0, 0.05) is 17.8 Å². The monoisotopic (exact) mass is 466 g/mol. The minimum Gasteiger partial charge on any atom is -0.478 e. The lowest BCUT2D eigenvalue weighted by atomic mass is 9.87. The summed E-state index contributed by atoms with van der Waals surface area (Å²) >= 11 is 0. The first-order valence-corrected chi connectivity index (χ1v) is 12.4. The van der Waals surface area contributed by atoms with Crippen LogP contribution in [-0.2, 0) is 13.1 Å². The third-order valence-electron chi connectivity index (χ3n) is 7.06. The summed E-state index contributed by atoms with van der Waals surface area (Å²) in [4.78, 5) is 25.1. The lowest BCUT2D eigenvalue weighted by Gasteiger charge is -2.22. The molecule has 0 bridgehead atoms. The average molecular weight is 467 g/mol. The van der Waals surface area contributed by atoms with Crippen LogP contribution in [-0.4, -0.2) is 20.2 Å². The molecule has 1 aromatic heterocycles. The second-order valence-electron chi connectivity index (χ2n) is 9.42. The Balaban J connectivity index is 1.46. The fraction of sp³-hybridized carbons (Fsp3) is 0.267. The van der Waals surface area contributed by atoms with E-state index in [1.54, 1.807) is 12.1 Å². The van der Waals surface area contributed by atoms with Gasteiger partial charge in [0.1, 0.15) is 0 Å². The molecule has 0 unspecified atom stereocenters. The van der Waals surface area contributed by atoms with Gasteiger partial charge in [-0.15, -0.1) is 0 Å². The van der Waals surface area contributed by atoms with Crippen LogP contribution in [0.1, 0.15) is 65.2 Å². The second-order valence-corrected chi connectivity index (χ2v) is 9.42. The van der Waals surface area contributed by atoms with Crippen molar-refractivity contribution in [1.29, 1.82) is 0 Å². The van der Waals surface area contributed by atoms with E-state index in [0.717, 1.165) is 35.2 Å². The summed E-state index contributed by atoms with van der Waals surface area (Å²) in [5.41, 5.74) is 5.13. The molecule has 0 radical (unpaired) electrons. The standard InChI is InChI=1S/C30H30N2O3/c33-29(34)27-14-8-7-13-26(27)24-17-15-23(16-18-24)20-32-28(25-11-5-2-6-12-25)21-31(30(32)35)19-22-9-3-1-4-10-22/h1,3-4,7-10,13-18,21,25H,2,5-6,11-12,19-20H2,(H,33,34). The van der Waals surface area contributed by atoms with Gasteiger partial charge in [0.05, 0.1) is 18.7 Å². The highest BCUT2D eigenvalue weighted by atomic mass is 16.4. The van der Waals surface area contributed by atoms with Gasteiger partial charge in [0.25, 0.3) is 0 Å². The van der Waals surface area contributed by atoms with Crippen molar-refractivity contribution in [3.8, 4) is 11.1 Å². The number of aromatic carboxylic acids is 1. The lowest BCUT2D eigenvalue weighted by molar-refractivity contribution is 0.0697. The molecule has 1 aliphatic rings. The van der Waals surface area contributed by atoms with Gasteiger partial charge >= 0.3 is 11.7 Å². The second kappa shape index (κ2) is 10.2. The maximum atomic E-state index is 13.5. The first kappa shape index (κ1) is 22.9. The number of imidazole rings is 1. The van der Waals surface area contributed by atoms with Crippen molar-refractivity contribution in [1.82, 2.24) is 9.13 Å². The van der Waals surface area contributed by atoms with Crippen molar-refractivity contribution in [3.05, 3.63) is 118 Å². The predicted octanol–water partition coefficient (Wildman–Crippen LogP) is 6.16. The van der Waals surface area contributed by atoms with Crippen LogP contribution in [0.4, 0.5) is 0 Å². The largest absolute Gasteiger partial charge is 0.478 e. The van der Waals surface area contributed by atoms with Gasteiger partial charge in [-0.1, -0.05) is 92.1 Å². The van der Waals surface area contributed by atoms with E-state index in [1.165, 1.54) is 19.3 Å². The number of rotatable bonds is 7. The molecule has 0 saturated heterocycles. The average Bonchev–Trinajstić information content (AvgIpc) is 3.20. The van der Waals surface area contributed by atoms with E-state index in [4.69, 9.17) is 0 Å². The summed E-state index contributed by atoms with van der Waals surface area (Å²) in [6, 6.07) is 25.0. The summed E-state index contributed by atoms with van der Waals surface area (Å²) in [5.74, 6) is -0.525. The number of carboxylic acid groups (broad SMARTS) is 1. The minimum atomic E-state index is -0.937. The zero-order valence-corrected chi connectivity index (χ0v) is 19.8. The highest BCUT2D eigenvalue weighted by Gasteiger charge is 2.22. The van der Waals surface area contributed by atoms with Crippen LogP contribution in [0, 0.1) is 0 Å². The van der Waals surface area contributed by atoms with Crippen molar-refractivity contribution >= 4 is 5.97 Å². The SMILES string of the molecule is O=C(O)c1ccccc1-c1ccc(Cn2c(C3CCCCC3)cn(Cc3ccccc3)c2=O)cc1. The quantitative estimate of drug-likeness (QED) is 0.355. The molecule has 1 fully saturated rings. The van der Waals surface area contributed by atoms with Gasteiger partial charge in [-0.3, -0.25) is 9.13 Å². The maximum absolute atomic E-state index is 13.5. The van der Waals surface area contributed by atoms with Crippen molar-refractivity contribution in [2.75, 3.05) is 0 Å². The first-order chi connectivity index (χ1) is 17.1. The Morgan fingerprint density at radius 3 is 2.17 bits per heavy atom. The van der Waals surface area contributed by atoms with E-state index < -0.39 is 5.97 Å². The summed E-state index contributed by atoms with van der Waals surface area (Å²) in [5, 5.41) is 9.53. The van der Waals surface area contributed by atoms with E-state index in [1.807, 2.05) is 63.7 Å². The molecule has 1 N–H and O–H groups in total. The van der Waals surface area contributed by atoms with Crippen LogP contribution in [0.15, 0.2) is 89.9 Å². The molecule has 0 spiro atoms. The Morgan fingerprint density at radius 2 is 1.46 bits per heavy atom. The van der Waals surface area contributed by atoms with Crippen molar-refractivity contribution in [2.45, 2.75) is 51.1 Å². The van der Waals surface area contributed by atoms with Crippen molar-refractivity contribution in [2.24, 2.45) is 0 Å². The fourth-order valence-corrected chi connectivity index (χ4v) is 5.22. The van der Waals surface area contributed by atoms with Crippen LogP contribution >= 0.6 is 0 Å². The van der Waals surface area contributed by atoms with Crippen LogP contribution in [0.2, 0.25) is 0 Å². The summed E-state index contributed by atoms with van der Waals surface area (Å²) in [7, 11) is 0. The molecule has 0 aliphatic heterocycles. The van der Waals surface area contributed by atoms with Crippen molar-refractivity contribution in [3.63, 3.8) is 0 Å². The molecule has 5 nitrogen and oxygen atoms in total. The van der Waals surface area contributed by atoms with E-state index in [-0.39, 0.29) is 11.3 Å². The number of carbonyl (C=O) groups is 1. The Bertz CT molecular complexity index is 1360. The molecule has 1 aliphatic carbocycles. The molecule has 3 aromatic carbocycles. The molecule has 1 heterocycles. The third-order valence-corrected chi connectivity index (χ3v) is 7.06. The Morgan fingerprint density at radius 1 is 0.800 bits per heavy atom. The lowest BCUT2D eigenvalue weighted by Crippen LogP contribution is -2.26. The molecular formula is C30H30N2O3. The first-order valence-electron chi connectivity index (χ1n) is 12.4. The van der Waals surface area contributed by atoms with Crippen LogP contribution in [0.25, 0.3) is 11.1 Å². The number of benzene rings is 3. The zero-order chi connectivity index (χ0) is 24.2. The number of nitrogens with zero attached hydrogens (tertiary/aromatic N) is 2. The van der Waals surface area contributed by atoms with Gasteiger partial charge in [0.2, 0.25) is 0 Å². The molecule has 5 heteroatoms. The summed E-state index contributed by atoms with van der Waals surface area (Å²) in [6.45, 7) is 1.07. The van der Waals surface area contributed by atoms with Gasteiger partial charge in [-0.05, 0) is 41.2 Å². The topological polar surface area (TPSA) is 64.2 Å². The maximum Gasteiger partial charge on any atom is 0.336 e. The molecule has 0 amide bonds. The highest BCUT2D eigenvalue weighted by Crippen LogP contribution is 2.33. The minimum absolute atomic E-state index is 0.0229. The molecule has 0 atom stereocenters. The van der Waals surface area contributed by atoms with Crippen LogP contribution in [0.3, 0.4) is 0 Å². The van der Waals surface area contributed by atoms with Gasteiger partial charge in [-0.2, -0.15) is 0 Å². The zero-order valence-electron chi connectivity index (χ0n) is 19.8. The van der Waals surface area contributed by atoms with E-state index in [0.29, 0.717) is 24.6 Å². The van der Waals surface area contributed by atoms with Gasteiger partial charge < -0.3 is 5.11 Å². The Kier molecular flexibility index (Phi) is 6.66. The van der Waals surface area contributed by atoms with E-state index >= 15 is 0 Å². The number of hydrogen-bond donors (Lipinski definition) is 1. The molecule has 5 rings (SSSR count). The van der Waals surface area contributed by atoms with Crippen LogP contribution < -0.4 is 5.69 Å². The van der Waals surface area contributed by atoms with Crippen LogP contribution in [0.5, 0.6) is 0 Å². The molecule has 35 heavy (non-hydrogen) atoms. The summed E-state index contributed by atoms with van der Waals surface area (Å²) < 4.78 is 3.79. The number of carboxylic acids is 1. The highest BCUT2D eigenvalue weighted by molar-refractivity contribution is 5.95. The number of aromatic nitrogens is 2. The molecule has 1 saturated carbocycles. The molecular weight excluding hydrogens is 436 g/mol. The van der Waals surface area contributed by atoms with Gasteiger partial charge in [0.15, 0.2) is 0 Å². The molecule has 178 valence electrons. The Hall–Kier alpha value is -3.86. The third kappa shape index (κ3) is 4.99. The smallest absolute Gasteiger partial charge is 0.336 e.